The summed E-state index contributed by atoms with van der Waals surface area (Å²) in [6, 6.07) is 4.72. The summed E-state index contributed by atoms with van der Waals surface area (Å²) in [6.45, 7) is -1.69. The number of alkyl halides is 1. The van der Waals surface area contributed by atoms with Gasteiger partial charge in [-0.3, -0.25) is 0 Å². The Kier molecular flexibility index (Phi) is 1.15. The Hall–Kier alpha value is -1.45. The van der Waals surface area contributed by atoms with Crippen molar-refractivity contribution in [1.82, 2.24) is 0 Å². The maximum atomic E-state index is 12.4. The van der Waals surface area contributed by atoms with E-state index in [9.17, 15) is 4.39 Å². The Morgan fingerprint density at radius 2 is 2.00 bits per heavy atom. The van der Waals surface area contributed by atoms with E-state index in [0.717, 1.165) is 0 Å². The molecular weight excluding hydrogens is 149 g/mol. The lowest BCUT2D eigenvalue weighted by molar-refractivity contribution is -0.0651. The van der Waals surface area contributed by atoms with Crippen LogP contribution in [0.5, 0.6) is 11.5 Å². The topological polar surface area (TPSA) is 44.5 Å². The summed E-state index contributed by atoms with van der Waals surface area (Å²) in [7, 11) is 0. The molecule has 4 heteroatoms. The monoisotopic (exact) mass is 155 g/mol. The Bertz CT molecular complexity index is 290. The number of nitrogen functional groups attached to an aromatic ring is 1. The molecule has 0 saturated carbocycles. The SMILES string of the molecule is Nc1ccc2c(c1)OC(F)O2. The quantitative estimate of drug-likeness (QED) is 0.574. The van der Waals surface area contributed by atoms with Gasteiger partial charge in [0.15, 0.2) is 11.5 Å². The highest BCUT2D eigenvalue weighted by Crippen LogP contribution is 2.36. The van der Waals surface area contributed by atoms with Gasteiger partial charge in [0.25, 0.3) is 0 Å². The van der Waals surface area contributed by atoms with E-state index in [2.05, 4.69) is 9.47 Å². The molecule has 58 valence electrons. The molecule has 1 heterocycles. The van der Waals surface area contributed by atoms with Crippen LogP contribution in [0, 0.1) is 0 Å². The average molecular weight is 155 g/mol. The fraction of sp³-hybridized carbons (Fsp3) is 0.143. The fourth-order valence-corrected chi connectivity index (χ4v) is 0.938. The molecule has 0 aliphatic carbocycles. The molecule has 1 aromatic carbocycles. The van der Waals surface area contributed by atoms with Gasteiger partial charge in [-0.1, -0.05) is 0 Å². The highest BCUT2D eigenvalue weighted by molar-refractivity contribution is 5.52. The zero-order valence-electron chi connectivity index (χ0n) is 5.58. The third-order valence-electron chi connectivity index (χ3n) is 1.41. The predicted molar refractivity (Wildman–Crippen MR) is 37.0 cm³/mol. The first-order valence-electron chi connectivity index (χ1n) is 3.12. The lowest BCUT2D eigenvalue weighted by atomic mass is 10.3. The molecule has 1 aromatic rings. The molecule has 1 atom stereocenters. The molecule has 2 rings (SSSR count). The van der Waals surface area contributed by atoms with Crippen LogP contribution in [-0.4, -0.2) is 6.54 Å². The van der Waals surface area contributed by atoms with Crippen LogP contribution in [0.15, 0.2) is 18.2 Å². The zero-order valence-corrected chi connectivity index (χ0v) is 5.58. The Morgan fingerprint density at radius 3 is 2.82 bits per heavy atom. The Morgan fingerprint density at radius 1 is 1.27 bits per heavy atom. The second-order valence-electron chi connectivity index (χ2n) is 2.22. The predicted octanol–water partition coefficient (Wildman–Crippen LogP) is 1.29. The normalized spacial score (nSPS) is 20.3. The Labute approximate surface area is 62.5 Å². The second-order valence-corrected chi connectivity index (χ2v) is 2.22. The molecule has 1 unspecified atom stereocenters. The van der Waals surface area contributed by atoms with Gasteiger partial charge in [0, 0.05) is 11.8 Å². The van der Waals surface area contributed by atoms with Gasteiger partial charge >= 0.3 is 6.54 Å². The number of ether oxygens (including phenoxy) is 2. The summed E-state index contributed by atoms with van der Waals surface area (Å²) in [5, 5.41) is 0. The number of hydrogen-bond donors (Lipinski definition) is 1. The van der Waals surface area contributed by atoms with Crippen molar-refractivity contribution in [2.75, 3.05) is 5.73 Å². The van der Waals surface area contributed by atoms with Crippen molar-refractivity contribution < 1.29 is 13.9 Å². The average Bonchev–Trinajstić information content (AvgIpc) is 2.27. The van der Waals surface area contributed by atoms with Gasteiger partial charge < -0.3 is 15.2 Å². The molecule has 0 amide bonds. The van der Waals surface area contributed by atoms with Crippen molar-refractivity contribution in [3.63, 3.8) is 0 Å². The minimum atomic E-state index is -1.69. The third kappa shape index (κ3) is 0.960. The molecule has 1 aliphatic rings. The van der Waals surface area contributed by atoms with E-state index in [4.69, 9.17) is 5.73 Å². The summed E-state index contributed by atoms with van der Waals surface area (Å²) in [5.74, 6) is 0.754. The molecule has 11 heavy (non-hydrogen) atoms. The number of benzene rings is 1. The smallest absolute Gasteiger partial charge is 0.397 e. The van der Waals surface area contributed by atoms with Crippen LogP contribution < -0.4 is 15.2 Å². The molecule has 0 bridgehead atoms. The van der Waals surface area contributed by atoms with Crippen molar-refractivity contribution in [1.29, 1.82) is 0 Å². The molecule has 0 spiro atoms. The van der Waals surface area contributed by atoms with Gasteiger partial charge in [0.1, 0.15) is 0 Å². The largest absolute Gasteiger partial charge is 0.425 e. The second kappa shape index (κ2) is 2.02. The molecule has 0 aromatic heterocycles. The van der Waals surface area contributed by atoms with E-state index in [-0.39, 0.29) is 0 Å². The highest BCUT2D eigenvalue weighted by atomic mass is 19.2. The minimum absolute atomic E-state index is 0.359. The summed E-state index contributed by atoms with van der Waals surface area (Å²) in [4.78, 5) is 0. The van der Waals surface area contributed by atoms with Crippen molar-refractivity contribution >= 4 is 5.69 Å². The standard InChI is InChI=1S/C7H6FNO2/c8-7-10-5-2-1-4(9)3-6(5)11-7/h1-3,7H,9H2. The number of anilines is 1. The maximum absolute atomic E-state index is 12.4. The molecular formula is C7H6FNO2. The van der Waals surface area contributed by atoms with Gasteiger partial charge in [-0.05, 0) is 12.1 Å². The molecule has 0 saturated heterocycles. The first-order valence-corrected chi connectivity index (χ1v) is 3.12. The van der Waals surface area contributed by atoms with E-state index in [0.29, 0.717) is 17.2 Å². The van der Waals surface area contributed by atoms with E-state index in [1.54, 1.807) is 12.1 Å². The van der Waals surface area contributed by atoms with Crippen molar-refractivity contribution in [2.45, 2.75) is 6.54 Å². The van der Waals surface area contributed by atoms with Gasteiger partial charge in [-0.2, -0.15) is 4.39 Å². The van der Waals surface area contributed by atoms with Crippen molar-refractivity contribution in [3.05, 3.63) is 18.2 Å². The number of hydrogen-bond acceptors (Lipinski definition) is 3. The number of fused-ring (bicyclic) bond motifs is 1. The van der Waals surface area contributed by atoms with Gasteiger partial charge in [-0.15, -0.1) is 0 Å². The van der Waals surface area contributed by atoms with Gasteiger partial charge in [0.2, 0.25) is 0 Å². The molecule has 0 fully saturated rings. The van der Waals surface area contributed by atoms with Crippen LogP contribution in [0.1, 0.15) is 0 Å². The molecule has 2 N–H and O–H groups in total. The summed E-state index contributed by atoms with van der Waals surface area (Å²) < 4.78 is 21.6. The summed E-state index contributed by atoms with van der Waals surface area (Å²) in [6.07, 6.45) is 0. The first-order chi connectivity index (χ1) is 5.25. The molecule has 1 aliphatic heterocycles. The Balaban J connectivity index is 2.43. The molecule has 0 radical (unpaired) electrons. The lowest BCUT2D eigenvalue weighted by Crippen LogP contribution is -2.09. The van der Waals surface area contributed by atoms with E-state index < -0.39 is 6.54 Å². The first kappa shape index (κ1) is 6.27. The van der Waals surface area contributed by atoms with Crippen LogP contribution in [0.3, 0.4) is 0 Å². The van der Waals surface area contributed by atoms with E-state index >= 15 is 0 Å². The van der Waals surface area contributed by atoms with Crippen LogP contribution in [-0.2, 0) is 0 Å². The lowest BCUT2D eigenvalue weighted by Gasteiger charge is -1.95. The van der Waals surface area contributed by atoms with Gasteiger partial charge in [0.05, 0.1) is 0 Å². The summed E-state index contributed by atoms with van der Waals surface area (Å²) in [5.41, 5.74) is 5.95. The zero-order chi connectivity index (χ0) is 7.84. The number of nitrogens with two attached hydrogens (primary N) is 1. The highest BCUT2D eigenvalue weighted by Gasteiger charge is 2.22. The number of halogens is 1. The maximum Gasteiger partial charge on any atom is 0.397 e. The molecule has 3 nitrogen and oxygen atoms in total. The minimum Gasteiger partial charge on any atom is -0.425 e. The van der Waals surface area contributed by atoms with Crippen LogP contribution in [0.2, 0.25) is 0 Å². The fourth-order valence-electron chi connectivity index (χ4n) is 0.938. The van der Waals surface area contributed by atoms with Crippen LogP contribution >= 0.6 is 0 Å². The number of rotatable bonds is 0. The van der Waals surface area contributed by atoms with E-state index in [1.807, 2.05) is 0 Å². The van der Waals surface area contributed by atoms with Crippen molar-refractivity contribution in [2.24, 2.45) is 0 Å². The van der Waals surface area contributed by atoms with Crippen LogP contribution in [0.4, 0.5) is 10.1 Å². The van der Waals surface area contributed by atoms with Gasteiger partial charge in [-0.25, -0.2) is 0 Å². The third-order valence-corrected chi connectivity index (χ3v) is 1.41. The van der Waals surface area contributed by atoms with Crippen molar-refractivity contribution in [3.8, 4) is 11.5 Å². The summed E-state index contributed by atoms with van der Waals surface area (Å²) >= 11 is 0. The van der Waals surface area contributed by atoms with Crippen LogP contribution in [0.25, 0.3) is 0 Å². The van der Waals surface area contributed by atoms with E-state index in [1.165, 1.54) is 6.07 Å².